The molecule has 1 heterocycles. The molecule has 2 atom stereocenters. The molecule has 0 aliphatic carbocycles. The molecule has 1 aliphatic heterocycles. The summed E-state index contributed by atoms with van der Waals surface area (Å²) in [6.07, 6.45) is 2.13. The van der Waals surface area contributed by atoms with Crippen molar-refractivity contribution < 1.29 is 4.74 Å². The van der Waals surface area contributed by atoms with Crippen molar-refractivity contribution in [3.05, 3.63) is 0 Å². The molecule has 0 aromatic carbocycles. The highest BCUT2D eigenvalue weighted by molar-refractivity contribution is 4.90. The third-order valence-corrected chi connectivity index (χ3v) is 2.11. The molecular weight excluding hydrogens is 138 g/mol. The van der Waals surface area contributed by atoms with Crippen LogP contribution in [0.2, 0.25) is 0 Å². The molecule has 2 N–H and O–H groups in total. The average Bonchev–Trinajstić information content (AvgIpc) is 2.44. The van der Waals surface area contributed by atoms with Gasteiger partial charge in [0.05, 0.1) is 12.2 Å². The van der Waals surface area contributed by atoms with Gasteiger partial charge in [0.2, 0.25) is 0 Å². The van der Waals surface area contributed by atoms with Gasteiger partial charge in [0.15, 0.2) is 0 Å². The lowest BCUT2D eigenvalue weighted by molar-refractivity contribution is 0.283. The van der Waals surface area contributed by atoms with Gasteiger partial charge in [-0.25, -0.2) is 0 Å². The van der Waals surface area contributed by atoms with Crippen LogP contribution in [0.1, 0.15) is 33.6 Å². The van der Waals surface area contributed by atoms with Crippen LogP contribution in [0.25, 0.3) is 0 Å². The lowest BCUT2D eigenvalue weighted by Crippen LogP contribution is -2.27. The number of hydrogen-bond acceptors (Lipinski definition) is 2. The SMILES string of the molecule is CC(C)CC(N)C[C@@]1(C)CO1. The van der Waals surface area contributed by atoms with E-state index in [9.17, 15) is 0 Å². The van der Waals surface area contributed by atoms with Crippen LogP contribution < -0.4 is 5.73 Å². The summed E-state index contributed by atoms with van der Waals surface area (Å²) in [4.78, 5) is 0. The first-order valence-electron chi connectivity index (χ1n) is 4.41. The van der Waals surface area contributed by atoms with Crippen molar-refractivity contribution in [1.82, 2.24) is 0 Å². The Bertz CT molecular complexity index is 130. The van der Waals surface area contributed by atoms with E-state index in [1.54, 1.807) is 0 Å². The number of rotatable bonds is 4. The Labute approximate surface area is 69.1 Å². The molecule has 2 heteroatoms. The normalized spacial score (nSPS) is 32.5. The molecule has 0 aromatic rings. The monoisotopic (exact) mass is 157 g/mol. The van der Waals surface area contributed by atoms with Gasteiger partial charge in [0.1, 0.15) is 0 Å². The predicted octanol–water partition coefficient (Wildman–Crippen LogP) is 1.54. The molecule has 1 aliphatic rings. The average molecular weight is 157 g/mol. The number of ether oxygens (including phenoxy) is 1. The summed E-state index contributed by atoms with van der Waals surface area (Å²) in [6, 6.07) is 0.322. The van der Waals surface area contributed by atoms with Crippen LogP contribution in [0.15, 0.2) is 0 Å². The van der Waals surface area contributed by atoms with Crippen LogP contribution in [0.5, 0.6) is 0 Å². The standard InChI is InChI=1S/C9H19NO/c1-7(2)4-8(10)5-9(3)6-11-9/h7-8H,4-6,10H2,1-3H3/t8?,9-/m0/s1. The van der Waals surface area contributed by atoms with Gasteiger partial charge in [-0.1, -0.05) is 13.8 Å². The Balaban J connectivity index is 2.15. The third-order valence-electron chi connectivity index (χ3n) is 2.11. The second-order valence-corrected chi connectivity index (χ2v) is 4.33. The van der Waals surface area contributed by atoms with E-state index in [1.165, 1.54) is 0 Å². The molecular formula is C9H19NO. The highest BCUT2D eigenvalue weighted by atomic mass is 16.6. The Morgan fingerprint density at radius 1 is 1.55 bits per heavy atom. The Kier molecular flexibility index (Phi) is 2.55. The van der Waals surface area contributed by atoms with E-state index in [0.29, 0.717) is 12.0 Å². The fraction of sp³-hybridized carbons (Fsp3) is 1.00. The molecule has 0 saturated carbocycles. The lowest BCUT2D eigenvalue weighted by atomic mass is 9.96. The summed E-state index contributed by atoms with van der Waals surface area (Å²) in [6.45, 7) is 7.44. The molecule has 0 amide bonds. The summed E-state index contributed by atoms with van der Waals surface area (Å²) in [7, 11) is 0. The van der Waals surface area contributed by atoms with Gasteiger partial charge >= 0.3 is 0 Å². The maximum absolute atomic E-state index is 5.92. The van der Waals surface area contributed by atoms with Crippen LogP contribution in [0, 0.1) is 5.92 Å². The van der Waals surface area contributed by atoms with Crippen molar-refractivity contribution >= 4 is 0 Å². The van der Waals surface area contributed by atoms with Gasteiger partial charge in [-0.2, -0.15) is 0 Å². The van der Waals surface area contributed by atoms with Crippen LogP contribution in [0.4, 0.5) is 0 Å². The molecule has 1 fully saturated rings. The van der Waals surface area contributed by atoms with E-state index in [4.69, 9.17) is 10.5 Å². The number of epoxide rings is 1. The fourth-order valence-corrected chi connectivity index (χ4v) is 1.48. The van der Waals surface area contributed by atoms with Gasteiger partial charge in [-0.3, -0.25) is 0 Å². The van der Waals surface area contributed by atoms with E-state index in [2.05, 4.69) is 20.8 Å². The molecule has 1 rings (SSSR count). The Morgan fingerprint density at radius 3 is 2.45 bits per heavy atom. The number of hydrogen-bond donors (Lipinski definition) is 1. The van der Waals surface area contributed by atoms with Crippen molar-refractivity contribution in [2.24, 2.45) is 11.7 Å². The largest absolute Gasteiger partial charge is 0.370 e. The third kappa shape index (κ3) is 3.21. The zero-order valence-electron chi connectivity index (χ0n) is 7.76. The van der Waals surface area contributed by atoms with E-state index in [1.807, 2.05) is 0 Å². The fourth-order valence-electron chi connectivity index (χ4n) is 1.48. The van der Waals surface area contributed by atoms with Crippen LogP contribution in [-0.4, -0.2) is 18.2 Å². The first kappa shape index (κ1) is 9.01. The second-order valence-electron chi connectivity index (χ2n) is 4.33. The van der Waals surface area contributed by atoms with E-state index in [0.717, 1.165) is 19.4 Å². The van der Waals surface area contributed by atoms with Gasteiger partial charge in [0.25, 0.3) is 0 Å². The molecule has 1 unspecified atom stereocenters. The minimum Gasteiger partial charge on any atom is -0.370 e. The van der Waals surface area contributed by atoms with Crippen molar-refractivity contribution in [2.75, 3.05) is 6.61 Å². The summed E-state index contributed by atoms with van der Waals surface area (Å²) in [5.41, 5.74) is 6.05. The highest BCUT2D eigenvalue weighted by Gasteiger charge is 2.40. The molecule has 0 radical (unpaired) electrons. The molecule has 0 aromatic heterocycles. The van der Waals surface area contributed by atoms with E-state index in [-0.39, 0.29) is 5.60 Å². The summed E-state index contributed by atoms with van der Waals surface area (Å²) >= 11 is 0. The van der Waals surface area contributed by atoms with Crippen molar-refractivity contribution in [1.29, 1.82) is 0 Å². The predicted molar refractivity (Wildman–Crippen MR) is 46.4 cm³/mol. The van der Waals surface area contributed by atoms with Crippen LogP contribution in [0.3, 0.4) is 0 Å². The molecule has 1 saturated heterocycles. The highest BCUT2D eigenvalue weighted by Crippen LogP contribution is 2.31. The molecule has 66 valence electrons. The minimum atomic E-state index is 0.133. The number of nitrogens with two attached hydrogens (primary N) is 1. The van der Waals surface area contributed by atoms with E-state index >= 15 is 0 Å². The first-order chi connectivity index (χ1) is 5.02. The molecule has 0 spiro atoms. The maximum atomic E-state index is 5.92. The van der Waals surface area contributed by atoms with Crippen LogP contribution >= 0.6 is 0 Å². The molecule has 0 bridgehead atoms. The second kappa shape index (κ2) is 3.11. The van der Waals surface area contributed by atoms with Gasteiger partial charge in [0, 0.05) is 6.04 Å². The quantitative estimate of drug-likeness (QED) is 0.629. The molecule has 2 nitrogen and oxygen atoms in total. The Hall–Kier alpha value is -0.0800. The zero-order chi connectivity index (χ0) is 8.48. The summed E-state index contributed by atoms with van der Waals surface area (Å²) < 4.78 is 5.27. The maximum Gasteiger partial charge on any atom is 0.0903 e. The van der Waals surface area contributed by atoms with E-state index < -0.39 is 0 Å². The topological polar surface area (TPSA) is 38.5 Å². The van der Waals surface area contributed by atoms with Gasteiger partial charge in [-0.05, 0) is 25.7 Å². The van der Waals surface area contributed by atoms with Gasteiger partial charge < -0.3 is 10.5 Å². The Morgan fingerprint density at radius 2 is 2.09 bits per heavy atom. The lowest BCUT2D eigenvalue weighted by Gasteiger charge is -2.15. The van der Waals surface area contributed by atoms with Crippen molar-refractivity contribution in [3.8, 4) is 0 Å². The first-order valence-corrected chi connectivity index (χ1v) is 4.41. The van der Waals surface area contributed by atoms with Crippen molar-refractivity contribution in [3.63, 3.8) is 0 Å². The summed E-state index contributed by atoms with van der Waals surface area (Å²) in [5.74, 6) is 0.701. The zero-order valence-corrected chi connectivity index (χ0v) is 7.76. The summed E-state index contributed by atoms with van der Waals surface area (Å²) in [5, 5.41) is 0. The van der Waals surface area contributed by atoms with Crippen LogP contribution in [-0.2, 0) is 4.74 Å². The van der Waals surface area contributed by atoms with Crippen molar-refractivity contribution in [2.45, 2.75) is 45.3 Å². The molecule has 11 heavy (non-hydrogen) atoms. The minimum absolute atomic E-state index is 0.133. The van der Waals surface area contributed by atoms with Gasteiger partial charge in [-0.15, -0.1) is 0 Å². The smallest absolute Gasteiger partial charge is 0.0903 e.